The van der Waals surface area contributed by atoms with E-state index in [1.165, 1.54) is 4.90 Å². The largest absolute Gasteiger partial charge is 0.507 e. The number of benzene rings is 3. The first kappa shape index (κ1) is 21.3. The molecule has 3 aromatic rings. The second-order valence-corrected chi connectivity index (χ2v) is 8.95. The number of aryl methyl sites for hydroxylation is 1. The zero-order valence-corrected chi connectivity index (χ0v) is 19.0. The van der Waals surface area contributed by atoms with Gasteiger partial charge in [0.15, 0.2) is 0 Å². The molecule has 5 nitrogen and oxygen atoms in total. The highest BCUT2D eigenvalue weighted by Crippen LogP contribution is 2.43. The Hall–Kier alpha value is -3.57. The van der Waals surface area contributed by atoms with Crippen LogP contribution in [0.4, 0.5) is 5.69 Å². The first-order valence-corrected chi connectivity index (χ1v) is 11.1. The molecule has 1 fully saturated rings. The molecule has 0 spiro atoms. The molecule has 0 radical (unpaired) electrons. The maximum Gasteiger partial charge on any atom is 0.300 e. The fourth-order valence-electron chi connectivity index (χ4n) is 4.61. The van der Waals surface area contributed by atoms with Crippen LogP contribution in [0.15, 0.2) is 72.3 Å². The third-order valence-corrected chi connectivity index (χ3v) is 6.29. The van der Waals surface area contributed by atoms with Gasteiger partial charge in [0.05, 0.1) is 11.6 Å². The topological polar surface area (TPSA) is 66.8 Å². The van der Waals surface area contributed by atoms with Crippen LogP contribution in [0.1, 0.15) is 35.2 Å². The number of rotatable bonds is 3. The van der Waals surface area contributed by atoms with Crippen LogP contribution in [0.2, 0.25) is 5.02 Å². The molecule has 2 heterocycles. The number of aliphatic hydroxyl groups is 1. The van der Waals surface area contributed by atoms with Crippen molar-refractivity contribution in [2.45, 2.75) is 32.4 Å². The molecule has 1 N–H and O–H groups in total. The number of hydrogen-bond acceptors (Lipinski definition) is 4. The second kappa shape index (κ2) is 8.09. The van der Waals surface area contributed by atoms with E-state index in [9.17, 15) is 14.7 Å². The minimum atomic E-state index is -0.785. The standard InChI is InChI=1S/C27H22ClNO4/c1-15-5-3-6-17(11-15)24-23(25(30)18-9-10-22-19(13-18)12-16(2)33-22)26(31)27(32)29(24)21-8-4-7-20(28)14-21/h3-11,13-14,16,24,30H,12H2,1-2H3/b25-23-. The van der Waals surface area contributed by atoms with E-state index in [0.29, 0.717) is 22.7 Å². The van der Waals surface area contributed by atoms with Gasteiger partial charge in [-0.15, -0.1) is 0 Å². The zero-order valence-electron chi connectivity index (χ0n) is 18.2. The summed E-state index contributed by atoms with van der Waals surface area (Å²) in [5.41, 5.74) is 3.70. The van der Waals surface area contributed by atoms with Crippen LogP contribution in [0.5, 0.6) is 5.75 Å². The molecule has 1 amide bonds. The third-order valence-electron chi connectivity index (χ3n) is 6.06. The van der Waals surface area contributed by atoms with Gasteiger partial charge in [0.1, 0.15) is 17.6 Å². The Kier molecular flexibility index (Phi) is 5.22. The number of fused-ring (bicyclic) bond motifs is 1. The number of aliphatic hydroxyl groups excluding tert-OH is 1. The molecule has 3 aromatic carbocycles. The van der Waals surface area contributed by atoms with Crippen LogP contribution in [0.25, 0.3) is 5.76 Å². The van der Waals surface area contributed by atoms with Gasteiger partial charge in [-0.05, 0) is 61.4 Å². The molecule has 1 saturated heterocycles. The van der Waals surface area contributed by atoms with Crippen molar-refractivity contribution >= 4 is 34.7 Å². The number of Topliss-reactive ketones (excluding diaryl/α,β-unsaturated/α-hetero) is 1. The predicted molar refractivity (Wildman–Crippen MR) is 128 cm³/mol. The van der Waals surface area contributed by atoms with E-state index in [0.717, 1.165) is 22.4 Å². The summed E-state index contributed by atoms with van der Waals surface area (Å²) in [6.07, 6.45) is 0.771. The van der Waals surface area contributed by atoms with Crippen molar-refractivity contribution in [2.75, 3.05) is 4.90 Å². The van der Waals surface area contributed by atoms with Gasteiger partial charge >= 0.3 is 0 Å². The summed E-state index contributed by atoms with van der Waals surface area (Å²) in [5.74, 6) is -0.868. The Morgan fingerprint density at radius 1 is 1.06 bits per heavy atom. The van der Waals surface area contributed by atoms with Crippen molar-refractivity contribution in [3.8, 4) is 5.75 Å². The third kappa shape index (κ3) is 3.68. The maximum absolute atomic E-state index is 13.3. The summed E-state index contributed by atoms with van der Waals surface area (Å²) in [6, 6.07) is 18.9. The molecule has 0 bridgehead atoms. The monoisotopic (exact) mass is 459 g/mol. The minimum Gasteiger partial charge on any atom is -0.507 e. The summed E-state index contributed by atoms with van der Waals surface area (Å²) in [5, 5.41) is 11.8. The van der Waals surface area contributed by atoms with Gasteiger partial charge in [0, 0.05) is 22.7 Å². The molecule has 5 rings (SSSR count). The number of carbonyl (C=O) groups excluding carboxylic acids is 2. The number of anilines is 1. The van der Waals surface area contributed by atoms with Crippen molar-refractivity contribution in [3.63, 3.8) is 0 Å². The molecular weight excluding hydrogens is 438 g/mol. The van der Waals surface area contributed by atoms with Gasteiger partial charge < -0.3 is 9.84 Å². The van der Waals surface area contributed by atoms with E-state index < -0.39 is 17.7 Å². The van der Waals surface area contributed by atoms with Gasteiger partial charge in [-0.1, -0.05) is 47.5 Å². The molecule has 2 aliphatic rings. The van der Waals surface area contributed by atoms with Crippen molar-refractivity contribution < 1.29 is 19.4 Å². The van der Waals surface area contributed by atoms with Crippen LogP contribution in [-0.2, 0) is 16.0 Å². The first-order valence-electron chi connectivity index (χ1n) is 10.8. The van der Waals surface area contributed by atoms with Gasteiger partial charge in [-0.2, -0.15) is 0 Å². The summed E-state index contributed by atoms with van der Waals surface area (Å²) in [4.78, 5) is 27.9. The van der Waals surface area contributed by atoms with Crippen LogP contribution < -0.4 is 9.64 Å². The van der Waals surface area contributed by atoms with Gasteiger partial charge in [0.2, 0.25) is 0 Å². The highest BCUT2D eigenvalue weighted by atomic mass is 35.5. The van der Waals surface area contributed by atoms with Gasteiger partial charge in [-0.25, -0.2) is 0 Å². The number of carbonyl (C=O) groups is 2. The number of halogens is 1. The smallest absolute Gasteiger partial charge is 0.300 e. The maximum atomic E-state index is 13.3. The Labute approximate surface area is 196 Å². The van der Waals surface area contributed by atoms with E-state index in [4.69, 9.17) is 16.3 Å². The summed E-state index contributed by atoms with van der Waals surface area (Å²) in [6.45, 7) is 3.92. The van der Waals surface area contributed by atoms with Gasteiger partial charge in [0.25, 0.3) is 11.7 Å². The lowest BCUT2D eigenvalue weighted by Gasteiger charge is -2.26. The lowest BCUT2D eigenvalue weighted by atomic mass is 9.93. The summed E-state index contributed by atoms with van der Waals surface area (Å²) < 4.78 is 5.76. The molecule has 166 valence electrons. The second-order valence-electron chi connectivity index (χ2n) is 8.52. The van der Waals surface area contributed by atoms with Gasteiger partial charge in [-0.3, -0.25) is 14.5 Å². The number of nitrogens with zero attached hydrogens (tertiary/aromatic N) is 1. The average Bonchev–Trinajstić information content (AvgIpc) is 3.29. The first-order chi connectivity index (χ1) is 15.8. The van der Waals surface area contributed by atoms with E-state index in [1.54, 1.807) is 36.4 Å². The fourth-order valence-corrected chi connectivity index (χ4v) is 4.79. The highest BCUT2D eigenvalue weighted by molar-refractivity contribution is 6.51. The molecule has 0 aromatic heterocycles. The molecule has 2 atom stereocenters. The number of amides is 1. The van der Waals surface area contributed by atoms with E-state index in [2.05, 4.69) is 0 Å². The van der Waals surface area contributed by atoms with E-state index in [-0.39, 0.29) is 17.4 Å². The fraction of sp³-hybridized carbons (Fsp3) is 0.185. The predicted octanol–water partition coefficient (Wildman–Crippen LogP) is 5.60. The Balaban J connectivity index is 1.70. The van der Waals surface area contributed by atoms with Crippen LogP contribution in [0, 0.1) is 6.92 Å². The molecule has 6 heteroatoms. The van der Waals surface area contributed by atoms with Crippen molar-refractivity contribution in [1.82, 2.24) is 0 Å². The number of ketones is 1. The number of ether oxygens (including phenoxy) is 1. The van der Waals surface area contributed by atoms with Crippen molar-refractivity contribution in [1.29, 1.82) is 0 Å². The molecular formula is C27H22ClNO4. The zero-order chi connectivity index (χ0) is 23.3. The Bertz CT molecular complexity index is 1330. The SMILES string of the molecule is Cc1cccc(C2/C(=C(/O)c3ccc4c(c3)CC(C)O4)C(=O)C(=O)N2c2cccc(Cl)c2)c1. The van der Waals surface area contributed by atoms with E-state index in [1.807, 2.05) is 44.2 Å². The Morgan fingerprint density at radius 3 is 2.61 bits per heavy atom. The molecule has 2 unspecified atom stereocenters. The van der Waals surface area contributed by atoms with E-state index >= 15 is 0 Å². The quantitative estimate of drug-likeness (QED) is 0.314. The van der Waals surface area contributed by atoms with Crippen LogP contribution >= 0.6 is 11.6 Å². The minimum absolute atomic E-state index is 0.0532. The molecule has 0 saturated carbocycles. The molecule has 2 aliphatic heterocycles. The Morgan fingerprint density at radius 2 is 1.85 bits per heavy atom. The van der Waals surface area contributed by atoms with Crippen molar-refractivity contribution in [2.24, 2.45) is 0 Å². The molecule has 0 aliphatic carbocycles. The average molecular weight is 460 g/mol. The highest BCUT2D eigenvalue weighted by Gasteiger charge is 2.47. The summed E-state index contributed by atoms with van der Waals surface area (Å²) >= 11 is 6.19. The summed E-state index contributed by atoms with van der Waals surface area (Å²) in [7, 11) is 0. The lowest BCUT2D eigenvalue weighted by Crippen LogP contribution is -2.29. The molecule has 33 heavy (non-hydrogen) atoms. The lowest BCUT2D eigenvalue weighted by molar-refractivity contribution is -0.132. The van der Waals surface area contributed by atoms with Crippen LogP contribution in [-0.4, -0.2) is 22.9 Å². The van der Waals surface area contributed by atoms with Crippen molar-refractivity contribution in [3.05, 3.63) is 99.6 Å². The normalized spacial score (nSPS) is 21.2. The number of hydrogen-bond donors (Lipinski definition) is 1. The van der Waals surface area contributed by atoms with Crippen LogP contribution in [0.3, 0.4) is 0 Å².